The molecule has 0 atom stereocenters. The first-order chi connectivity index (χ1) is 12.7. The van der Waals surface area contributed by atoms with Gasteiger partial charge < -0.3 is 19.5 Å². The molecule has 0 saturated heterocycles. The lowest BCUT2D eigenvalue weighted by Crippen LogP contribution is -2.44. The Labute approximate surface area is 153 Å². The van der Waals surface area contributed by atoms with E-state index < -0.39 is 0 Å². The number of hydrogen-bond acceptors (Lipinski definition) is 4. The molecule has 2 aliphatic rings. The van der Waals surface area contributed by atoms with Crippen LogP contribution in [0.3, 0.4) is 0 Å². The Bertz CT molecular complexity index is 811. The normalized spacial score (nSPS) is 17.1. The first kappa shape index (κ1) is 16.8. The zero-order valence-electron chi connectivity index (χ0n) is 14.9. The molecule has 2 aromatic carbocycles. The average Bonchev–Trinajstić information content (AvgIpc) is 3.31. The largest absolute Gasteiger partial charge is 0.496 e. The van der Waals surface area contributed by atoms with Crippen LogP contribution < -0.4 is 19.5 Å². The van der Waals surface area contributed by atoms with Crippen molar-refractivity contribution >= 4 is 5.91 Å². The second-order valence-electron chi connectivity index (χ2n) is 6.90. The van der Waals surface area contributed by atoms with Gasteiger partial charge in [0.15, 0.2) is 11.5 Å². The Balaban J connectivity index is 1.54. The highest BCUT2D eigenvalue weighted by molar-refractivity contribution is 5.80. The fourth-order valence-electron chi connectivity index (χ4n) is 4.03. The molecule has 26 heavy (non-hydrogen) atoms. The number of nitrogens with one attached hydrogen (secondary N) is 1. The van der Waals surface area contributed by atoms with Gasteiger partial charge in [0.1, 0.15) is 5.75 Å². The van der Waals surface area contributed by atoms with Crippen LogP contribution in [0.5, 0.6) is 17.2 Å². The van der Waals surface area contributed by atoms with Gasteiger partial charge in [-0.25, -0.2) is 0 Å². The van der Waals surface area contributed by atoms with E-state index in [1.165, 1.54) is 0 Å². The Hall–Kier alpha value is -2.69. The van der Waals surface area contributed by atoms with E-state index in [2.05, 4.69) is 11.4 Å². The molecule has 0 bridgehead atoms. The van der Waals surface area contributed by atoms with Crippen molar-refractivity contribution in [3.63, 3.8) is 0 Å². The number of carbonyl (C=O) groups is 1. The Morgan fingerprint density at radius 3 is 2.69 bits per heavy atom. The van der Waals surface area contributed by atoms with Gasteiger partial charge in [0, 0.05) is 5.56 Å². The molecule has 1 heterocycles. The molecule has 1 N–H and O–H groups in total. The summed E-state index contributed by atoms with van der Waals surface area (Å²) in [6, 6.07) is 13.6. The molecule has 1 aliphatic heterocycles. The van der Waals surface area contributed by atoms with Crippen LogP contribution in [-0.4, -0.2) is 19.8 Å². The smallest absolute Gasteiger partial charge is 0.231 e. The Morgan fingerprint density at radius 2 is 1.88 bits per heavy atom. The number of para-hydroxylation sites is 1. The monoisotopic (exact) mass is 353 g/mol. The molecule has 4 rings (SSSR count). The van der Waals surface area contributed by atoms with Crippen molar-refractivity contribution in [1.82, 2.24) is 5.32 Å². The van der Waals surface area contributed by atoms with E-state index >= 15 is 0 Å². The lowest BCUT2D eigenvalue weighted by atomic mass is 9.87. The Morgan fingerprint density at radius 1 is 1.12 bits per heavy atom. The summed E-state index contributed by atoms with van der Waals surface area (Å²) in [6.07, 6.45) is 4.37. The van der Waals surface area contributed by atoms with Crippen LogP contribution in [0, 0.1) is 0 Å². The van der Waals surface area contributed by atoms with Crippen molar-refractivity contribution in [2.24, 2.45) is 0 Å². The van der Waals surface area contributed by atoms with Gasteiger partial charge in [-0.1, -0.05) is 37.1 Å². The zero-order chi connectivity index (χ0) is 18.0. The Kier molecular flexibility index (Phi) is 4.45. The summed E-state index contributed by atoms with van der Waals surface area (Å²) in [5.74, 6) is 2.28. The molecule has 1 aliphatic carbocycles. The lowest BCUT2D eigenvalue weighted by Gasteiger charge is -2.32. The summed E-state index contributed by atoms with van der Waals surface area (Å²) in [7, 11) is 1.68. The number of methoxy groups -OCH3 is 1. The summed E-state index contributed by atoms with van der Waals surface area (Å²) < 4.78 is 16.3. The van der Waals surface area contributed by atoms with Crippen molar-refractivity contribution < 1.29 is 19.0 Å². The number of carbonyl (C=O) groups excluding carboxylic acids is 1. The van der Waals surface area contributed by atoms with Gasteiger partial charge in [-0.15, -0.1) is 0 Å². The van der Waals surface area contributed by atoms with Gasteiger partial charge >= 0.3 is 0 Å². The quantitative estimate of drug-likeness (QED) is 0.893. The fourth-order valence-corrected chi connectivity index (χ4v) is 4.03. The first-order valence-corrected chi connectivity index (χ1v) is 9.03. The van der Waals surface area contributed by atoms with E-state index in [0.717, 1.165) is 48.3 Å². The first-order valence-electron chi connectivity index (χ1n) is 9.03. The van der Waals surface area contributed by atoms with Crippen LogP contribution in [0.2, 0.25) is 0 Å². The van der Waals surface area contributed by atoms with Gasteiger partial charge in [0.05, 0.1) is 19.1 Å². The van der Waals surface area contributed by atoms with Gasteiger partial charge in [-0.3, -0.25) is 4.79 Å². The van der Waals surface area contributed by atoms with Crippen LogP contribution in [0.25, 0.3) is 0 Å². The molecule has 2 aromatic rings. The fraction of sp³-hybridized carbons (Fsp3) is 0.381. The summed E-state index contributed by atoms with van der Waals surface area (Å²) in [5.41, 5.74) is 1.64. The predicted octanol–water partition coefficient (Wildman–Crippen LogP) is 3.55. The second kappa shape index (κ2) is 6.90. The average molecular weight is 353 g/mol. The minimum absolute atomic E-state index is 0.0108. The van der Waals surface area contributed by atoms with Crippen molar-refractivity contribution in [1.29, 1.82) is 0 Å². The highest BCUT2D eigenvalue weighted by atomic mass is 16.7. The lowest BCUT2D eigenvalue weighted by molar-refractivity contribution is -0.122. The molecule has 1 fully saturated rings. The van der Waals surface area contributed by atoms with E-state index in [1.807, 2.05) is 36.4 Å². The minimum Gasteiger partial charge on any atom is -0.496 e. The molecule has 0 aromatic heterocycles. The van der Waals surface area contributed by atoms with Crippen molar-refractivity contribution in [3.8, 4) is 17.2 Å². The van der Waals surface area contributed by atoms with Gasteiger partial charge in [-0.2, -0.15) is 0 Å². The summed E-state index contributed by atoms with van der Waals surface area (Å²) in [4.78, 5) is 12.8. The topological polar surface area (TPSA) is 56.8 Å². The number of ether oxygens (including phenoxy) is 3. The highest BCUT2D eigenvalue weighted by Crippen LogP contribution is 2.42. The number of fused-ring (bicyclic) bond motifs is 1. The maximum atomic E-state index is 12.8. The standard InChI is InChI=1S/C21H23NO4/c1-24-17-7-3-2-6-16(17)21(10-4-5-11-21)22-20(23)13-15-8-9-18-19(12-15)26-14-25-18/h2-3,6-9,12H,4-5,10-11,13-14H2,1H3,(H,22,23). The number of amides is 1. The molecule has 1 amide bonds. The summed E-state index contributed by atoms with van der Waals surface area (Å²) in [6.45, 7) is 0.238. The maximum Gasteiger partial charge on any atom is 0.231 e. The molecular formula is C21H23NO4. The van der Waals surface area contributed by atoms with Crippen molar-refractivity contribution in [2.75, 3.05) is 13.9 Å². The third-order valence-corrected chi connectivity index (χ3v) is 5.26. The third-order valence-electron chi connectivity index (χ3n) is 5.26. The molecule has 0 unspecified atom stereocenters. The SMILES string of the molecule is COc1ccccc1C1(NC(=O)Cc2ccc3c(c2)OCO3)CCCC1. The van der Waals surface area contributed by atoms with Crippen LogP contribution >= 0.6 is 0 Å². The zero-order valence-corrected chi connectivity index (χ0v) is 14.9. The van der Waals surface area contributed by atoms with E-state index in [1.54, 1.807) is 7.11 Å². The molecule has 136 valence electrons. The van der Waals surface area contributed by atoms with Gasteiger partial charge in [0.2, 0.25) is 12.7 Å². The van der Waals surface area contributed by atoms with Crippen LogP contribution in [0.4, 0.5) is 0 Å². The molecule has 0 radical (unpaired) electrons. The maximum absolute atomic E-state index is 12.8. The van der Waals surface area contributed by atoms with E-state index in [4.69, 9.17) is 14.2 Å². The van der Waals surface area contributed by atoms with Gasteiger partial charge in [-0.05, 0) is 36.6 Å². The molecule has 1 saturated carbocycles. The second-order valence-corrected chi connectivity index (χ2v) is 6.90. The van der Waals surface area contributed by atoms with E-state index in [9.17, 15) is 4.79 Å². The van der Waals surface area contributed by atoms with Crippen molar-refractivity contribution in [2.45, 2.75) is 37.6 Å². The molecule has 0 spiro atoms. The molecule has 5 heteroatoms. The number of rotatable bonds is 5. The highest BCUT2D eigenvalue weighted by Gasteiger charge is 2.39. The predicted molar refractivity (Wildman–Crippen MR) is 97.6 cm³/mol. The van der Waals surface area contributed by atoms with Gasteiger partial charge in [0.25, 0.3) is 0 Å². The molecule has 5 nitrogen and oxygen atoms in total. The third kappa shape index (κ3) is 3.09. The van der Waals surface area contributed by atoms with E-state index in [-0.39, 0.29) is 18.2 Å². The summed E-state index contributed by atoms with van der Waals surface area (Å²) >= 11 is 0. The van der Waals surface area contributed by atoms with Crippen molar-refractivity contribution in [3.05, 3.63) is 53.6 Å². The van der Waals surface area contributed by atoms with E-state index in [0.29, 0.717) is 12.2 Å². The number of hydrogen-bond donors (Lipinski definition) is 1. The minimum atomic E-state index is -0.347. The van der Waals surface area contributed by atoms with Crippen LogP contribution in [-0.2, 0) is 16.8 Å². The number of benzene rings is 2. The molecular weight excluding hydrogens is 330 g/mol. The summed E-state index contributed by atoms with van der Waals surface area (Å²) in [5, 5.41) is 3.31. The van der Waals surface area contributed by atoms with Crippen LogP contribution in [0.15, 0.2) is 42.5 Å². The van der Waals surface area contributed by atoms with Crippen LogP contribution in [0.1, 0.15) is 36.8 Å².